The van der Waals surface area contributed by atoms with E-state index in [1.807, 2.05) is 48.5 Å². The first-order chi connectivity index (χ1) is 13.0. The fourth-order valence-electron chi connectivity index (χ4n) is 3.86. The largest absolute Gasteiger partial charge is 0.399 e. The second-order valence-electron chi connectivity index (χ2n) is 6.66. The van der Waals surface area contributed by atoms with Crippen LogP contribution in [0.2, 0.25) is 0 Å². The lowest BCUT2D eigenvalue weighted by Gasteiger charge is -2.40. The zero-order chi connectivity index (χ0) is 19.1. The summed E-state index contributed by atoms with van der Waals surface area (Å²) in [7, 11) is 0. The Hall–Kier alpha value is -3.06. The molecule has 3 aromatic carbocycles. The molecule has 0 spiro atoms. The summed E-state index contributed by atoms with van der Waals surface area (Å²) in [6.07, 6.45) is 0. The number of anilines is 3. The van der Waals surface area contributed by atoms with E-state index in [1.165, 1.54) is 0 Å². The average Bonchev–Trinajstić information content (AvgIpc) is 2.66. The van der Waals surface area contributed by atoms with Crippen molar-refractivity contribution in [3.8, 4) is 11.1 Å². The van der Waals surface area contributed by atoms with Crippen LogP contribution in [0.1, 0.15) is 24.1 Å². The van der Waals surface area contributed by atoms with Crippen LogP contribution in [-0.4, -0.2) is 11.5 Å². The fraction of sp³-hybridized carbons (Fsp3) is 0.143. The number of nitro groups is 1. The van der Waals surface area contributed by atoms with Crippen molar-refractivity contribution in [2.45, 2.75) is 13.0 Å². The molecule has 0 fully saturated rings. The van der Waals surface area contributed by atoms with Crippen LogP contribution in [0.5, 0.6) is 0 Å². The van der Waals surface area contributed by atoms with Crippen LogP contribution in [0.3, 0.4) is 0 Å². The number of benzene rings is 3. The summed E-state index contributed by atoms with van der Waals surface area (Å²) < 4.78 is 0. The lowest BCUT2D eigenvalue weighted by Crippen LogP contribution is -2.33. The number of non-ortho nitro benzene ring substituents is 1. The summed E-state index contributed by atoms with van der Waals surface area (Å²) in [5, 5.41) is 11.0. The molecule has 1 heterocycles. The van der Waals surface area contributed by atoms with Gasteiger partial charge >= 0.3 is 0 Å². The van der Waals surface area contributed by atoms with E-state index < -0.39 is 0 Å². The van der Waals surface area contributed by atoms with Crippen LogP contribution in [0, 0.1) is 10.1 Å². The molecule has 0 aromatic heterocycles. The van der Waals surface area contributed by atoms with E-state index in [2.05, 4.69) is 11.8 Å². The number of rotatable bonds is 3. The highest BCUT2D eigenvalue weighted by Gasteiger charge is 2.31. The first-order valence-corrected chi connectivity index (χ1v) is 8.80. The van der Waals surface area contributed by atoms with Crippen molar-refractivity contribution < 1.29 is 4.92 Å². The Morgan fingerprint density at radius 3 is 2.18 bits per heavy atom. The maximum atomic E-state index is 11.0. The predicted molar refractivity (Wildman–Crippen MR) is 119 cm³/mol. The van der Waals surface area contributed by atoms with Gasteiger partial charge in [-0.3, -0.25) is 10.1 Å². The molecule has 0 saturated carbocycles. The van der Waals surface area contributed by atoms with Gasteiger partial charge in [0.2, 0.25) is 0 Å². The molecule has 4 rings (SSSR count). The molecule has 0 bridgehead atoms. The number of hydrogen-bond acceptors (Lipinski definition) is 5. The first kappa shape index (κ1) is 19.7. The second kappa shape index (κ2) is 7.52. The van der Waals surface area contributed by atoms with Crippen LogP contribution < -0.4 is 16.4 Å². The van der Waals surface area contributed by atoms with E-state index >= 15 is 0 Å². The summed E-state index contributed by atoms with van der Waals surface area (Å²) in [5.74, 6) is 0. The van der Waals surface area contributed by atoms with Gasteiger partial charge in [-0.15, -0.1) is 17.0 Å². The highest BCUT2D eigenvalue weighted by Crippen LogP contribution is 2.48. The molecule has 0 aliphatic carbocycles. The van der Waals surface area contributed by atoms with Gasteiger partial charge in [0.25, 0.3) is 5.69 Å². The van der Waals surface area contributed by atoms with E-state index in [1.54, 1.807) is 12.1 Å². The Bertz CT molecular complexity index is 1040. The highest BCUT2D eigenvalue weighted by atomic mass is 79.9. The topological polar surface area (TPSA) is 98.4 Å². The number of nitrogens with zero attached hydrogens (tertiary/aromatic N) is 2. The molecule has 1 aliphatic heterocycles. The molecule has 1 unspecified atom stereocenters. The molecular weight excluding hydrogens is 420 g/mol. The van der Waals surface area contributed by atoms with Gasteiger partial charge in [-0.2, -0.15) is 0 Å². The number of halogens is 1. The molecule has 6 nitrogen and oxygen atoms in total. The van der Waals surface area contributed by atoms with Gasteiger partial charge in [-0.1, -0.05) is 12.1 Å². The number of nitro benzene ring substituents is 1. The molecule has 28 heavy (non-hydrogen) atoms. The van der Waals surface area contributed by atoms with Crippen molar-refractivity contribution in [1.82, 2.24) is 0 Å². The maximum Gasteiger partial charge on any atom is 0.269 e. The molecule has 3 aromatic rings. The fourth-order valence-corrected chi connectivity index (χ4v) is 3.86. The summed E-state index contributed by atoms with van der Waals surface area (Å²) >= 11 is 0. The Morgan fingerprint density at radius 1 is 0.964 bits per heavy atom. The summed E-state index contributed by atoms with van der Waals surface area (Å²) in [6.45, 7) is 2.84. The third kappa shape index (κ3) is 3.18. The second-order valence-corrected chi connectivity index (χ2v) is 6.66. The molecule has 0 amide bonds. The SMILES string of the molecule is Br.CCN1c2cc(N)ccc2-c2ccc(N)cc2C1c1ccc([N+](=O)[O-])cc1. The highest BCUT2D eigenvalue weighted by molar-refractivity contribution is 8.93. The van der Waals surface area contributed by atoms with Crippen LogP contribution in [0.4, 0.5) is 22.7 Å². The van der Waals surface area contributed by atoms with Crippen molar-refractivity contribution in [3.05, 3.63) is 81.9 Å². The third-order valence-corrected chi connectivity index (χ3v) is 5.06. The zero-order valence-electron chi connectivity index (χ0n) is 15.3. The minimum Gasteiger partial charge on any atom is -0.399 e. The van der Waals surface area contributed by atoms with E-state index in [4.69, 9.17) is 11.5 Å². The van der Waals surface area contributed by atoms with Gasteiger partial charge in [0.15, 0.2) is 0 Å². The van der Waals surface area contributed by atoms with Gasteiger partial charge in [-0.05, 0) is 60.0 Å². The van der Waals surface area contributed by atoms with E-state index in [9.17, 15) is 10.1 Å². The van der Waals surface area contributed by atoms with Crippen molar-refractivity contribution in [1.29, 1.82) is 0 Å². The Morgan fingerprint density at radius 2 is 1.57 bits per heavy atom. The summed E-state index contributed by atoms with van der Waals surface area (Å²) in [4.78, 5) is 12.9. The van der Waals surface area contributed by atoms with Crippen molar-refractivity contribution >= 4 is 39.7 Å². The maximum absolute atomic E-state index is 11.0. The monoisotopic (exact) mass is 440 g/mol. The molecule has 1 atom stereocenters. The van der Waals surface area contributed by atoms with Crippen LogP contribution in [0.15, 0.2) is 60.7 Å². The van der Waals surface area contributed by atoms with Crippen LogP contribution in [0.25, 0.3) is 11.1 Å². The van der Waals surface area contributed by atoms with Crippen LogP contribution >= 0.6 is 17.0 Å². The zero-order valence-corrected chi connectivity index (χ0v) is 17.0. The predicted octanol–water partition coefficient (Wildman–Crippen LogP) is 4.93. The Labute approximate surface area is 173 Å². The van der Waals surface area contributed by atoms with E-state index in [-0.39, 0.29) is 33.6 Å². The Balaban J connectivity index is 0.00000225. The third-order valence-electron chi connectivity index (χ3n) is 5.06. The van der Waals surface area contributed by atoms with Gasteiger partial charge in [-0.25, -0.2) is 0 Å². The summed E-state index contributed by atoms with van der Waals surface area (Å²) in [6, 6.07) is 18.5. The summed E-state index contributed by atoms with van der Waals surface area (Å²) in [5.41, 5.74) is 18.9. The minimum atomic E-state index is -0.385. The molecule has 7 heteroatoms. The van der Waals surface area contributed by atoms with Gasteiger partial charge in [0.1, 0.15) is 0 Å². The Kier molecular flexibility index (Phi) is 5.29. The van der Waals surface area contributed by atoms with Gasteiger partial charge in [0, 0.05) is 41.3 Å². The first-order valence-electron chi connectivity index (χ1n) is 8.80. The number of fused-ring (bicyclic) bond motifs is 3. The van der Waals surface area contributed by atoms with Crippen molar-refractivity contribution in [3.63, 3.8) is 0 Å². The molecule has 1 aliphatic rings. The molecule has 4 N–H and O–H groups in total. The molecule has 0 radical (unpaired) electrons. The molecular formula is C21H21BrN4O2. The van der Waals surface area contributed by atoms with Crippen molar-refractivity contribution in [2.24, 2.45) is 0 Å². The number of nitrogen functional groups attached to an aromatic ring is 2. The molecule has 0 saturated heterocycles. The van der Waals surface area contributed by atoms with Gasteiger partial charge in [0.05, 0.1) is 11.0 Å². The van der Waals surface area contributed by atoms with Gasteiger partial charge < -0.3 is 16.4 Å². The normalized spacial score (nSPS) is 14.6. The quantitative estimate of drug-likeness (QED) is 0.341. The minimum absolute atomic E-state index is 0. The lowest BCUT2D eigenvalue weighted by atomic mass is 9.84. The average molecular weight is 441 g/mol. The van der Waals surface area contributed by atoms with E-state index in [0.717, 1.165) is 34.5 Å². The molecule has 144 valence electrons. The smallest absolute Gasteiger partial charge is 0.269 e. The number of hydrogen-bond donors (Lipinski definition) is 2. The van der Waals surface area contributed by atoms with Crippen molar-refractivity contribution in [2.75, 3.05) is 22.9 Å². The van der Waals surface area contributed by atoms with E-state index in [0.29, 0.717) is 11.4 Å². The lowest BCUT2D eigenvalue weighted by molar-refractivity contribution is -0.384. The van der Waals surface area contributed by atoms with Crippen LogP contribution in [-0.2, 0) is 0 Å². The standard InChI is InChI=1S/C21H20N4O2.BrH/c1-2-24-20-12-15(23)6-10-18(20)17-9-5-14(22)11-19(17)21(24)13-3-7-16(8-4-13)25(26)27;/h3-12,21H,2,22-23H2,1H3;1H. The number of nitrogens with two attached hydrogens (primary N) is 2.